The summed E-state index contributed by atoms with van der Waals surface area (Å²) in [5.74, 6) is -0.360. The molecule has 3 rings (SSSR count). The molecule has 8 heteroatoms. The van der Waals surface area contributed by atoms with E-state index in [-0.39, 0.29) is 17.4 Å². The Kier molecular flexibility index (Phi) is 8.94. The van der Waals surface area contributed by atoms with Gasteiger partial charge < -0.3 is 15.0 Å². The number of amides is 1. The number of fused-ring (bicyclic) bond motifs is 1. The van der Waals surface area contributed by atoms with E-state index in [0.717, 1.165) is 47.2 Å². The number of carbonyl (C=O) groups excluding carboxylic acids is 1. The van der Waals surface area contributed by atoms with Crippen LogP contribution >= 0.6 is 12.6 Å². The molecule has 0 aliphatic rings. The number of carboxylic acids is 1. The van der Waals surface area contributed by atoms with E-state index in [2.05, 4.69) is 43.3 Å². The van der Waals surface area contributed by atoms with Crippen LogP contribution in [0, 0.1) is 24.6 Å². The number of aromatic carboxylic acids is 1. The van der Waals surface area contributed by atoms with Crippen LogP contribution in [0.2, 0.25) is 0 Å². The Morgan fingerprint density at radius 3 is 2.54 bits per heavy atom. The number of nitrogens with one attached hydrogen (secondary N) is 1. The van der Waals surface area contributed by atoms with E-state index in [9.17, 15) is 14.0 Å². The van der Waals surface area contributed by atoms with Gasteiger partial charge in [0.25, 0.3) is 0 Å². The maximum atomic E-state index is 14.3. The fourth-order valence-corrected chi connectivity index (χ4v) is 4.70. The van der Waals surface area contributed by atoms with Crippen molar-refractivity contribution in [3.05, 3.63) is 64.2 Å². The predicted molar refractivity (Wildman–Crippen MR) is 140 cm³/mol. The van der Waals surface area contributed by atoms with Crippen LogP contribution in [0.15, 0.2) is 30.3 Å². The first-order valence-corrected chi connectivity index (χ1v) is 12.7. The lowest BCUT2D eigenvalue weighted by molar-refractivity contribution is -0.124. The molecule has 1 heterocycles. The third-order valence-corrected chi connectivity index (χ3v) is 6.52. The Morgan fingerprint density at radius 2 is 1.94 bits per heavy atom. The second-order valence-corrected chi connectivity index (χ2v) is 9.86. The van der Waals surface area contributed by atoms with Crippen LogP contribution in [0.4, 0.5) is 4.39 Å². The Balaban J connectivity index is 1.93. The van der Waals surface area contributed by atoms with Crippen LogP contribution in [0.25, 0.3) is 11.0 Å². The van der Waals surface area contributed by atoms with Crippen molar-refractivity contribution in [1.29, 1.82) is 0 Å². The standard InChI is InChI=1S/C27H34FN3O3S/c1-5-6-24-30-25-17(4)10-19(13-29-26(32)20(15-35)9-16(2)3)12-23(25)31(24)14-18-7-8-21(27(33)34)22(28)11-18/h7-8,10-12,16,20,35H,5-6,9,13-15H2,1-4H3,(H,29,32)(H,33,34). The van der Waals surface area contributed by atoms with Crippen molar-refractivity contribution in [3.63, 3.8) is 0 Å². The normalized spacial score (nSPS) is 12.3. The van der Waals surface area contributed by atoms with E-state index in [4.69, 9.17) is 10.1 Å². The molecule has 0 saturated carbocycles. The van der Waals surface area contributed by atoms with E-state index >= 15 is 0 Å². The summed E-state index contributed by atoms with van der Waals surface area (Å²) in [4.78, 5) is 28.7. The van der Waals surface area contributed by atoms with Gasteiger partial charge in [-0.1, -0.05) is 32.9 Å². The summed E-state index contributed by atoms with van der Waals surface area (Å²) in [6.07, 6.45) is 2.45. The number of hydrogen-bond acceptors (Lipinski definition) is 4. The third kappa shape index (κ3) is 6.42. The van der Waals surface area contributed by atoms with Gasteiger partial charge in [-0.2, -0.15) is 12.6 Å². The van der Waals surface area contributed by atoms with Gasteiger partial charge >= 0.3 is 5.97 Å². The molecule has 188 valence electrons. The van der Waals surface area contributed by atoms with Crippen molar-refractivity contribution in [1.82, 2.24) is 14.9 Å². The molecule has 2 N–H and O–H groups in total. The van der Waals surface area contributed by atoms with Gasteiger partial charge in [0.1, 0.15) is 11.6 Å². The highest BCUT2D eigenvalue weighted by Gasteiger charge is 2.19. The number of carboxylic acid groups (broad SMARTS) is 1. The number of imidazole rings is 1. The van der Waals surface area contributed by atoms with Crippen molar-refractivity contribution >= 4 is 35.5 Å². The second-order valence-electron chi connectivity index (χ2n) is 9.49. The molecule has 1 unspecified atom stereocenters. The number of aromatic nitrogens is 2. The van der Waals surface area contributed by atoms with Crippen molar-refractivity contribution in [3.8, 4) is 0 Å². The van der Waals surface area contributed by atoms with Crippen LogP contribution < -0.4 is 5.32 Å². The number of aryl methyl sites for hydroxylation is 2. The Labute approximate surface area is 211 Å². The maximum Gasteiger partial charge on any atom is 0.338 e. The molecule has 0 bridgehead atoms. The van der Waals surface area contributed by atoms with Gasteiger partial charge in [-0.05, 0) is 60.6 Å². The first-order chi connectivity index (χ1) is 16.6. The minimum Gasteiger partial charge on any atom is -0.478 e. The van der Waals surface area contributed by atoms with Gasteiger partial charge in [0.2, 0.25) is 5.91 Å². The zero-order chi connectivity index (χ0) is 25.7. The molecule has 0 radical (unpaired) electrons. The minimum absolute atomic E-state index is 0.000579. The van der Waals surface area contributed by atoms with Gasteiger partial charge in [0.15, 0.2) is 0 Å². The molecule has 0 spiro atoms. The lowest BCUT2D eigenvalue weighted by atomic mass is 9.98. The van der Waals surface area contributed by atoms with Crippen LogP contribution in [0.5, 0.6) is 0 Å². The zero-order valence-corrected chi connectivity index (χ0v) is 21.7. The fourth-order valence-electron chi connectivity index (χ4n) is 4.39. The molecule has 35 heavy (non-hydrogen) atoms. The average Bonchev–Trinajstić information content (AvgIpc) is 3.13. The highest BCUT2D eigenvalue weighted by molar-refractivity contribution is 7.80. The number of carbonyl (C=O) groups is 2. The van der Waals surface area contributed by atoms with Crippen molar-refractivity contribution in [2.45, 2.75) is 60.0 Å². The summed E-state index contributed by atoms with van der Waals surface area (Å²) < 4.78 is 16.4. The van der Waals surface area contributed by atoms with E-state index in [0.29, 0.717) is 30.3 Å². The minimum atomic E-state index is -1.29. The van der Waals surface area contributed by atoms with Crippen LogP contribution in [-0.2, 0) is 24.3 Å². The summed E-state index contributed by atoms with van der Waals surface area (Å²) in [5.41, 5.74) is 4.06. The second kappa shape index (κ2) is 11.7. The summed E-state index contributed by atoms with van der Waals surface area (Å²) in [5, 5.41) is 12.2. The van der Waals surface area contributed by atoms with Crippen LogP contribution in [0.3, 0.4) is 0 Å². The number of halogens is 1. The molecule has 3 aromatic rings. The van der Waals surface area contributed by atoms with E-state index < -0.39 is 11.8 Å². The number of nitrogens with zero attached hydrogens (tertiary/aromatic N) is 2. The first-order valence-electron chi connectivity index (χ1n) is 12.0. The van der Waals surface area contributed by atoms with E-state index in [1.165, 1.54) is 12.1 Å². The fraction of sp³-hybridized carbons (Fsp3) is 0.444. The molecule has 6 nitrogen and oxygen atoms in total. The molecule has 0 aliphatic heterocycles. The molecule has 1 atom stereocenters. The van der Waals surface area contributed by atoms with Gasteiger partial charge in [0.05, 0.1) is 16.6 Å². The van der Waals surface area contributed by atoms with Gasteiger partial charge in [-0.3, -0.25) is 4.79 Å². The summed E-state index contributed by atoms with van der Waals surface area (Å²) >= 11 is 4.35. The number of benzene rings is 2. The number of rotatable bonds is 11. The first kappa shape index (κ1) is 26.7. The maximum absolute atomic E-state index is 14.3. The predicted octanol–water partition coefficient (Wildman–Crippen LogP) is 5.39. The smallest absolute Gasteiger partial charge is 0.338 e. The van der Waals surface area contributed by atoms with Crippen LogP contribution in [0.1, 0.15) is 66.5 Å². The summed E-state index contributed by atoms with van der Waals surface area (Å²) in [7, 11) is 0. The SMILES string of the molecule is CCCc1nc2c(C)cc(CNC(=O)C(CS)CC(C)C)cc2n1Cc1ccc(C(=O)O)c(F)c1. The summed E-state index contributed by atoms with van der Waals surface area (Å²) in [6, 6.07) is 8.27. The largest absolute Gasteiger partial charge is 0.478 e. The highest BCUT2D eigenvalue weighted by atomic mass is 32.1. The lowest BCUT2D eigenvalue weighted by Gasteiger charge is -2.17. The molecule has 1 amide bonds. The molecule has 0 aliphatic carbocycles. The van der Waals surface area contributed by atoms with E-state index in [1.54, 1.807) is 6.07 Å². The third-order valence-electron chi connectivity index (χ3n) is 6.08. The van der Waals surface area contributed by atoms with Gasteiger partial charge in [-0.25, -0.2) is 14.2 Å². The lowest BCUT2D eigenvalue weighted by Crippen LogP contribution is -2.32. The number of hydrogen-bond donors (Lipinski definition) is 3. The molecule has 2 aromatic carbocycles. The van der Waals surface area contributed by atoms with E-state index in [1.807, 2.05) is 19.1 Å². The highest BCUT2D eigenvalue weighted by Crippen LogP contribution is 2.25. The monoisotopic (exact) mass is 499 g/mol. The molecular weight excluding hydrogens is 465 g/mol. The van der Waals surface area contributed by atoms with Gasteiger partial charge in [0, 0.05) is 31.2 Å². The zero-order valence-electron chi connectivity index (χ0n) is 20.8. The average molecular weight is 500 g/mol. The summed E-state index contributed by atoms with van der Waals surface area (Å²) in [6.45, 7) is 9.03. The topological polar surface area (TPSA) is 84.2 Å². The van der Waals surface area contributed by atoms with Crippen molar-refractivity contribution < 1.29 is 19.1 Å². The van der Waals surface area contributed by atoms with Crippen molar-refractivity contribution in [2.24, 2.45) is 11.8 Å². The quantitative estimate of drug-likeness (QED) is 0.309. The molecular formula is C27H34FN3O3S. The van der Waals surface area contributed by atoms with Gasteiger partial charge in [-0.15, -0.1) is 0 Å². The van der Waals surface area contributed by atoms with Crippen molar-refractivity contribution in [2.75, 3.05) is 5.75 Å². The molecule has 0 saturated heterocycles. The van der Waals surface area contributed by atoms with Crippen LogP contribution in [-0.4, -0.2) is 32.3 Å². The Hall–Kier alpha value is -2.87. The Bertz CT molecular complexity index is 1220. The Morgan fingerprint density at radius 1 is 1.20 bits per heavy atom. The molecule has 0 fully saturated rings. The molecule has 1 aromatic heterocycles. The number of thiol groups is 1.